The summed E-state index contributed by atoms with van der Waals surface area (Å²) in [6, 6.07) is 11.2. The number of benzene rings is 2. The van der Waals surface area contributed by atoms with E-state index in [2.05, 4.69) is 31.4 Å². The third-order valence-corrected chi connectivity index (χ3v) is 3.77. The zero-order valence-electron chi connectivity index (χ0n) is 12.5. The number of carbonyl (C=O) groups excluding carboxylic acids is 1. The largest absolute Gasteiger partial charge is 0.305 e. The first-order valence-corrected chi connectivity index (χ1v) is 7.79. The minimum absolute atomic E-state index is 0.132. The lowest BCUT2D eigenvalue weighted by atomic mass is 10.1. The number of carbonyl (C=O) groups is 1. The first-order valence-electron chi connectivity index (χ1n) is 7.00. The van der Waals surface area contributed by atoms with Gasteiger partial charge in [0, 0.05) is 33.8 Å². The van der Waals surface area contributed by atoms with Gasteiger partial charge in [0.05, 0.1) is 10.6 Å². The van der Waals surface area contributed by atoms with Gasteiger partial charge >= 0.3 is 0 Å². The number of non-ortho nitro benzene ring substituents is 1. The molecule has 0 atom stereocenters. The molecule has 0 fully saturated rings. The molecular formula is C16H10BrFN4O3. The lowest BCUT2D eigenvalue weighted by Crippen LogP contribution is -2.12. The average Bonchev–Trinajstić information content (AvgIpc) is 3.02. The molecule has 0 radical (unpaired) electrons. The smallest absolute Gasteiger partial charge is 0.270 e. The number of aromatic amines is 1. The Hall–Kier alpha value is -3.07. The highest BCUT2D eigenvalue weighted by Crippen LogP contribution is 2.25. The monoisotopic (exact) mass is 404 g/mol. The van der Waals surface area contributed by atoms with Crippen LogP contribution in [0, 0.1) is 15.9 Å². The minimum Gasteiger partial charge on any atom is -0.305 e. The predicted molar refractivity (Wildman–Crippen MR) is 92.7 cm³/mol. The maximum Gasteiger partial charge on any atom is 0.270 e. The van der Waals surface area contributed by atoms with Crippen LogP contribution in [0.2, 0.25) is 0 Å². The van der Waals surface area contributed by atoms with Crippen molar-refractivity contribution in [3.63, 3.8) is 0 Å². The summed E-state index contributed by atoms with van der Waals surface area (Å²) in [7, 11) is 0. The van der Waals surface area contributed by atoms with Crippen molar-refractivity contribution in [1.82, 2.24) is 10.2 Å². The van der Waals surface area contributed by atoms with Gasteiger partial charge in [0.25, 0.3) is 11.6 Å². The van der Waals surface area contributed by atoms with Crippen molar-refractivity contribution < 1.29 is 14.1 Å². The summed E-state index contributed by atoms with van der Waals surface area (Å²) in [5.74, 6) is -0.741. The summed E-state index contributed by atoms with van der Waals surface area (Å²) in [6.07, 6.45) is 0. The first-order chi connectivity index (χ1) is 11.9. The Kier molecular flexibility index (Phi) is 4.57. The third kappa shape index (κ3) is 3.89. The molecule has 0 aliphatic carbocycles. The van der Waals surface area contributed by atoms with Gasteiger partial charge in [0.2, 0.25) is 0 Å². The molecule has 3 aromatic rings. The van der Waals surface area contributed by atoms with E-state index < -0.39 is 16.6 Å². The Morgan fingerprint density at radius 2 is 2.04 bits per heavy atom. The predicted octanol–water partition coefficient (Wildman–Crippen LogP) is 4.14. The van der Waals surface area contributed by atoms with Gasteiger partial charge in [-0.3, -0.25) is 20.0 Å². The lowest BCUT2D eigenvalue weighted by molar-refractivity contribution is -0.384. The molecule has 0 spiro atoms. The number of rotatable bonds is 4. The Bertz CT molecular complexity index is 953. The second-order valence-electron chi connectivity index (χ2n) is 5.09. The number of hydrogen-bond donors (Lipinski definition) is 2. The summed E-state index contributed by atoms with van der Waals surface area (Å²) >= 11 is 3.21. The van der Waals surface area contributed by atoms with E-state index in [1.54, 1.807) is 6.07 Å². The minimum atomic E-state index is -0.578. The molecule has 1 heterocycles. The molecule has 2 aromatic carbocycles. The van der Waals surface area contributed by atoms with E-state index in [4.69, 9.17) is 0 Å². The van der Waals surface area contributed by atoms with Crippen LogP contribution in [0.25, 0.3) is 11.3 Å². The highest BCUT2D eigenvalue weighted by atomic mass is 79.9. The number of nitrogens with one attached hydrogen (secondary N) is 2. The second-order valence-corrected chi connectivity index (χ2v) is 6.00. The number of nitro groups is 1. The van der Waals surface area contributed by atoms with Crippen LogP contribution in [0.3, 0.4) is 0 Å². The molecule has 2 N–H and O–H groups in total. The molecule has 0 bridgehead atoms. The summed E-state index contributed by atoms with van der Waals surface area (Å²) in [5.41, 5.74) is 1.01. The van der Waals surface area contributed by atoms with E-state index in [1.165, 1.54) is 42.5 Å². The van der Waals surface area contributed by atoms with Crippen molar-refractivity contribution in [2.24, 2.45) is 0 Å². The third-order valence-electron chi connectivity index (χ3n) is 3.31. The van der Waals surface area contributed by atoms with Gasteiger partial charge < -0.3 is 5.32 Å². The Morgan fingerprint density at radius 3 is 2.76 bits per heavy atom. The molecular weight excluding hydrogens is 395 g/mol. The molecule has 0 saturated heterocycles. The molecule has 0 aliphatic heterocycles. The second kappa shape index (κ2) is 6.81. The van der Waals surface area contributed by atoms with Gasteiger partial charge in [0.1, 0.15) is 5.82 Å². The Labute approximate surface area is 149 Å². The van der Waals surface area contributed by atoms with E-state index in [1.807, 2.05) is 0 Å². The van der Waals surface area contributed by atoms with Crippen molar-refractivity contribution in [2.75, 3.05) is 5.32 Å². The van der Waals surface area contributed by atoms with Crippen LogP contribution in [0.15, 0.2) is 53.0 Å². The molecule has 0 aliphatic rings. The van der Waals surface area contributed by atoms with Crippen LogP contribution in [0.5, 0.6) is 0 Å². The standard InChI is InChI=1S/C16H10BrFN4O3/c17-11-4-10(5-12(18)7-11)14-8-15(21-20-14)19-16(23)9-2-1-3-13(6-9)22(24)25/h1-8H,(H2,19,20,21,23). The first kappa shape index (κ1) is 16.8. The molecule has 0 unspecified atom stereocenters. The van der Waals surface area contributed by atoms with Gasteiger partial charge in [0.15, 0.2) is 5.82 Å². The fourth-order valence-electron chi connectivity index (χ4n) is 2.19. The van der Waals surface area contributed by atoms with E-state index in [-0.39, 0.29) is 17.1 Å². The fraction of sp³-hybridized carbons (Fsp3) is 0. The van der Waals surface area contributed by atoms with E-state index in [0.29, 0.717) is 15.7 Å². The molecule has 1 aromatic heterocycles. The lowest BCUT2D eigenvalue weighted by Gasteiger charge is -2.01. The summed E-state index contributed by atoms with van der Waals surface area (Å²) in [6.45, 7) is 0. The van der Waals surface area contributed by atoms with Crippen molar-refractivity contribution in [2.45, 2.75) is 0 Å². The van der Waals surface area contributed by atoms with Gasteiger partial charge in [-0.15, -0.1) is 0 Å². The highest BCUT2D eigenvalue weighted by molar-refractivity contribution is 9.10. The topological polar surface area (TPSA) is 101 Å². The van der Waals surface area contributed by atoms with Crippen LogP contribution in [0.4, 0.5) is 15.9 Å². The van der Waals surface area contributed by atoms with Crippen molar-refractivity contribution in [3.8, 4) is 11.3 Å². The molecule has 1 amide bonds. The number of nitro benzene ring substituents is 1. The van der Waals surface area contributed by atoms with Gasteiger partial charge in [-0.25, -0.2) is 4.39 Å². The quantitative estimate of drug-likeness (QED) is 0.503. The van der Waals surface area contributed by atoms with Crippen molar-refractivity contribution in [3.05, 3.63) is 74.5 Å². The van der Waals surface area contributed by atoms with Gasteiger partial charge in [-0.1, -0.05) is 22.0 Å². The van der Waals surface area contributed by atoms with Gasteiger partial charge in [-0.2, -0.15) is 5.10 Å². The van der Waals surface area contributed by atoms with Crippen LogP contribution >= 0.6 is 15.9 Å². The van der Waals surface area contributed by atoms with Crippen LogP contribution in [-0.4, -0.2) is 21.0 Å². The number of aromatic nitrogens is 2. The zero-order chi connectivity index (χ0) is 18.0. The van der Waals surface area contributed by atoms with E-state index >= 15 is 0 Å². The number of H-pyrrole nitrogens is 1. The molecule has 7 nitrogen and oxygen atoms in total. The normalized spacial score (nSPS) is 10.5. The molecule has 3 rings (SSSR count). The van der Waals surface area contributed by atoms with Gasteiger partial charge in [-0.05, 0) is 24.3 Å². The van der Waals surface area contributed by atoms with Crippen LogP contribution in [0.1, 0.15) is 10.4 Å². The SMILES string of the molecule is O=C(Nc1cc(-c2cc(F)cc(Br)c2)[nH]n1)c1cccc([N+](=O)[O-])c1. The summed E-state index contributed by atoms with van der Waals surface area (Å²) in [5, 5.41) is 20.0. The van der Waals surface area contributed by atoms with Crippen molar-refractivity contribution in [1.29, 1.82) is 0 Å². The fourth-order valence-corrected chi connectivity index (χ4v) is 2.66. The Balaban J connectivity index is 1.80. The number of amides is 1. The molecule has 0 saturated carbocycles. The number of anilines is 1. The maximum atomic E-state index is 13.5. The number of hydrogen-bond acceptors (Lipinski definition) is 4. The summed E-state index contributed by atoms with van der Waals surface area (Å²) in [4.78, 5) is 22.4. The van der Waals surface area contributed by atoms with E-state index in [0.717, 1.165) is 0 Å². The number of halogens is 2. The number of nitrogens with zero attached hydrogens (tertiary/aromatic N) is 2. The Morgan fingerprint density at radius 1 is 1.24 bits per heavy atom. The maximum absolute atomic E-state index is 13.5. The molecule has 126 valence electrons. The van der Waals surface area contributed by atoms with Crippen molar-refractivity contribution >= 4 is 33.3 Å². The highest BCUT2D eigenvalue weighted by Gasteiger charge is 2.13. The van der Waals surface area contributed by atoms with Crippen LogP contribution in [-0.2, 0) is 0 Å². The summed E-state index contributed by atoms with van der Waals surface area (Å²) < 4.78 is 14.0. The molecule has 25 heavy (non-hydrogen) atoms. The van der Waals surface area contributed by atoms with Crippen LogP contribution < -0.4 is 5.32 Å². The van der Waals surface area contributed by atoms with E-state index in [9.17, 15) is 19.3 Å². The zero-order valence-corrected chi connectivity index (χ0v) is 14.1. The molecule has 9 heteroatoms. The average molecular weight is 405 g/mol.